The fourth-order valence-electron chi connectivity index (χ4n) is 1.75. The Morgan fingerprint density at radius 2 is 2.00 bits per heavy atom. The minimum atomic E-state index is -0.873. The molecule has 1 rings (SSSR count). The van der Waals surface area contributed by atoms with Crippen molar-refractivity contribution in [2.75, 3.05) is 13.1 Å². The van der Waals surface area contributed by atoms with Gasteiger partial charge < -0.3 is 5.32 Å². The van der Waals surface area contributed by atoms with Crippen LogP contribution in [0.2, 0.25) is 0 Å². The van der Waals surface area contributed by atoms with Crippen LogP contribution < -0.4 is 10.6 Å². The minimum Gasteiger partial charge on any atom is -0.355 e. The largest absolute Gasteiger partial charge is 0.355 e. The molecular formula is C11H17N3O4. The highest BCUT2D eigenvalue weighted by Gasteiger charge is 2.40. The third-order valence-electron chi connectivity index (χ3n) is 2.61. The smallest absolute Gasteiger partial charge is 0.331 e. The van der Waals surface area contributed by atoms with E-state index in [0.717, 1.165) is 4.90 Å². The molecule has 1 saturated heterocycles. The number of urea groups is 1. The first-order chi connectivity index (χ1) is 8.51. The molecule has 1 aliphatic rings. The van der Waals surface area contributed by atoms with E-state index in [4.69, 9.17) is 0 Å². The molecule has 0 aliphatic carbocycles. The Morgan fingerprint density at radius 1 is 1.33 bits per heavy atom. The summed E-state index contributed by atoms with van der Waals surface area (Å²) in [6.07, 6.45) is 1.01. The van der Waals surface area contributed by atoms with Crippen LogP contribution in [0.4, 0.5) is 4.79 Å². The molecule has 2 N–H and O–H groups in total. The van der Waals surface area contributed by atoms with E-state index in [0.29, 0.717) is 19.4 Å². The van der Waals surface area contributed by atoms with Crippen LogP contribution in [0.1, 0.15) is 26.7 Å². The van der Waals surface area contributed by atoms with Crippen molar-refractivity contribution in [3.8, 4) is 0 Å². The molecule has 1 heterocycles. The molecule has 0 radical (unpaired) electrons. The van der Waals surface area contributed by atoms with Gasteiger partial charge in [-0.3, -0.25) is 24.6 Å². The summed E-state index contributed by atoms with van der Waals surface area (Å²) in [5.41, 5.74) is 0. The molecule has 7 heteroatoms. The second kappa shape index (κ2) is 6.13. The van der Waals surface area contributed by atoms with E-state index in [1.807, 2.05) is 6.92 Å². The third kappa shape index (κ3) is 3.06. The molecule has 0 bridgehead atoms. The van der Waals surface area contributed by atoms with Gasteiger partial charge in [-0.2, -0.15) is 0 Å². The highest BCUT2D eigenvalue weighted by atomic mass is 16.2. The van der Waals surface area contributed by atoms with Gasteiger partial charge in [0.05, 0.1) is 0 Å². The summed E-state index contributed by atoms with van der Waals surface area (Å²) >= 11 is 0. The van der Waals surface area contributed by atoms with Gasteiger partial charge in [0.15, 0.2) is 0 Å². The maximum absolute atomic E-state index is 11.9. The first-order valence-corrected chi connectivity index (χ1v) is 5.94. The molecule has 18 heavy (non-hydrogen) atoms. The molecule has 1 unspecified atom stereocenters. The maximum Gasteiger partial charge on any atom is 0.331 e. The van der Waals surface area contributed by atoms with Crippen molar-refractivity contribution in [1.82, 2.24) is 15.5 Å². The van der Waals surface area contributed by atoms with Crippen molar-refractivity contribution in [2.24, 2.45) is 5.92 Å². The van der Waals surface area contributed by atoms with Crippen LogP contribution in [0.25, 0.3) is 0 Å². The topological polar surface area (TPSA) is 95.6 Å². The van der Waals surface area contributed by atoms with Crippen molar-refractivity contribution < 1.29 is 19.2 Å². The summed E-state index contributed by atoms with van der Waals surface area (Å²) in [5, 5.41) is 4.58. The molecule has 100 valence electrons. The fraction of sp³-hybridized carbons (Fsp3) is 0.636. The number of hydrogen-bond donors (Lipinski definition) is 2. The summed E-state index contributed by atoms with van der Waals surface area (Å²) in [7, 11) is 0. The second-order valence-corrected chi connectivity index (χ2v) is 4.01. The second-order valence-electron chi connectivity index (χ2n) is 4.01. The fourth-order valence-corrected chi connectivity index (χ4v) is 1.75. The number of hydrogen-bond acceptors (Lipinski definition) is 4. The maximum atomic E-state index is 11.9. The van der Waals surface area contributed by atoms with Gasteiger partial charge in [0.2, 0.25) is 17.7 Å². The lowest BCUT2D eigenvalue weighted by Gasteiger charge is -2.29. The summed E-state index contributed by atoms with van der Waals surface area (Å²) < 4.78 is 0. The van der Waals surface area contributed by atoms with Crippen LogP contribution in [-0.2, 0) is 14.4 Å². The molecule has 0 saturated carbocycles. The Morgan fingerprint density at radius 3 is 2.56 bits per heavy atom. The zero-order valence-electron chi connectivity index (χ0n) is 10.5. The molecule has 1 atom stereocenters. The van der Waals surface area contributed by atoms with Gasteiger partial charge in [-0.15, -0.1) is 0 Å². The van der Waals surface area contributed by atoms with E-state index >= 15 is 0 Å². The normalized spacial score (nSPS) is 19.8. The van der Waals surface area contributed by atoms with E-state index in [9.17, 15) is 19.2 Å². The van der Waals surface area contributed by atoms with Crippen LogP contribution >= 0.6 is 0 Å². The lowest BCUT2D eigenvalue weighted by molar-refractivity contribution is -0.145. The standard InChI is InChI=1S/C11H17N3O4/c1-3-5-7-9(16)13-11(18)14(10(7)17)6-8(15)12-4-2/h7H,3-6H2,1-2H3,(H,12,15)(H,13,16,18). The Hall–Kier alpha value is -1.92. The van der Waals surface area contributed by atoms with Gasteiger partial charge >= 0.3 is 6.03 Å². The zero-order chi connectivity index (χ0) is 13.7. The molecule has 0 aromatic carbocycles. The number of rotatable bonds is 5. The van der Waals surface area contributed by atoms with Crippen molar-refractivity contribution in [3.05, 3.63) is 0 Å². The van der Waals surface area contributed by atoms with Crippen molar-refractivity contribution >= 4 is 23.8 Å². The average Bonchev–Trinajstić information content (AvgIpc) is 2.30. The minimum absolute atomic E-state index is 0.355. The summed E-state index contributed by atoms with van der Waals surface area (Å²) in [4.78, 5) is 47.1. The van der Waals surface area contributed by atoms with E-state index in [1.165, 1.54) is 0 Å². The highest BCUT2D eigenvalue weighted by Crippen LogP contribution is 2.15. The summed E-state index contributed by atoms with van der Waals surface area (Å²) in [6, 6.07) is -0.830. The number of carbonyl (C=O) groups is 4. The molecule has 5 amide bonds. The Labute approximate surface area is 105 Å². The molecule has 0 aromatic heterocycles. The van der Waals surface area contributed by atoms with E-state index in [1.54, 1.807) is 6.92 Å². The molecule has 7 nitrogen and oxygen atoms in total. The van der Waals surface area contributed by atoms with Crippen molar-refractivity contribution in [1.29, 1.82) is 0 Å². The SMILES string of the molecule is CCCC1C(=O)NC(=O)N(CC(=O)NCC)C1=O. The molecule has 0 spiro atoms. The average molecular weight is 255 g/mol. The van der Waals surface area contributed by atoms with Crippen molar-refractivity contribution in [3.63, 3.8) is 0 Å². The zero-order valence-corrected chi connectivity index (χ0v) is 10.5. The first kappa shape index (κ1) is 14.1. The van der Waals surface area contributed by atoms with Gasteiger partial charge in [0, 0.05) is 6.54 Å². The van der Waals surface area contributed by atoms with E-state index < -0.39 is 29.7 Å². The van der Waals surface area contributed by atoms with Gasteiger partial charge in [-0.05, 0) is 13.3 Å². The Kier molecular flexibility index (Phi) is 4.82. The quantitative estimate of drug-likeness (QED) is 0.654. The van der Waals surface area contributed by atoms with Crippen LogP contribution in [0.15, 0.2) is 0 Å². The van der Waals surface area contributed by atoms with Crippen molar-refractivity contribution in [2.45, 2.75) is 26.7 Å². The van der Waals surface area contributed by atoms with Gasteiger partial charge in [0.25, 0.3) is 0 Å². The number of nitrogens with one attached hydrogen (secondary N) is 2. The number of imide groups is 2. The molecule has 0 aromatic rings. The van der Waals surface area contributed by atoms with Crippen LogP contribution in [0, 0.1) is 5.92 Å². The molecule has 1 fully saturated rings. The Bertz CT molecular complexity index is 380. The number of nitrogens with zero attached hydrogens (tertiary/aromatic N) is 1. The van der Waals surface area contributed by atoms with Gasteiger partial charge in [0.1, 0.15) is 12.5 Å². The number of barbiturate groups is 1. The lowest BCUT2D eigenvalue weighted by Crippen LogP contribution is -2.59. The van der Waals surface area contributed by atoms with E-state index in [-0.39, 0.29) is 6.54 Å². The monoisotopic (exact) mass is 255 g/mol. The van der Waals surface area contributed by atoms with E-state index in [2.05, 4.69) is 10.6 Å². The Balaban J connectivity index is 2.77. The van der Waals surface area contributed by atoms with Crippen LogP contribution in [-0.4, -0.2) is 41.7 Å². The molecular weight excluding hydrogens is 238 g/mol. The number of carbonyl (C=O) groups excluding carboxylic acids is 4. The number of amides is 5. The summed E-state index contributed by atoms with van der Waals surface area (Å²) in [5.74, 6) is -2.48. The molecule has 1 aliphatic heterocycles. The first-order valence-electron chi connectivity index (χ1n) is 5.94. The summed E-state index contributed by atoms with van der Waals surface area (Å²) in [6.45, 7) is 3.64. The number of likely N-dealkylation sites (N-methyl/N-ethyl adjacent to an activating group) is 1. The highest BCUT2D eigenvalue weighted by molar-refractivity contribution is 6.17. The third-order valence-corrected chi connectivity index (χ3v) is 2.61. The predicted molar refractivity (Wildman–Crippen MR) is 62.3 cm³/mol. The van der Waals surface area contributed by atoms with Gasteiger partial charge in [-0.1, -0.05) is 13.3 Å². The van der Waals surface area contributed by atoms with Crippen LogP contribution in [0.5, 0.6) is 0 Å². The van der Waals surface area contributed by atoms with Crippen LogP contribution in [0.3, 0.4) is 0 Å². The van der Waals surface area contributed by atoms with Gasteiger partial charge in [-0.25, -0.2) is 4.79 Å². The predicted octanol–water partition coefficient (Wildman–Crippen LogP) is -0.383. The lowest BCUT2D eigenvalue weighted by atomic mass is 9.99.